The van der Waals surface area contributed by atoms with Crippen molar-refractivity contribution in [2.75, 3.05) is 27.9 Å². The van der Waals surface area contributed by atoms with Crippen molar-refractivity contribution in [3.63, 3.8) is 0 Å². The van der Waals surface area contributed by atoms with E-state index in [1.54, 1.807) is 30.3 Å². The number of benzene rings is 2. The van der Waals surface area contributed by atoms with Gasteiger partial charge in [-0.15, -0.1) is 0 Å². The van der Waals surface area contributed by atoms with Crippen LogP contribution in [0.5, 0.6) is 23.0 Å². The third-order valence-corrected chi connectivity index (χ3v) is 3.34. The van der Waals surface area contributed by atoms with Crippen molar-refractivity contribution in [2.24, 2.45) is 0 Å². The molecule has 0 heterocycles. The number of carbonyl (C=O) groups is 2. The second-order valence-corrected chi connectivity index (χ2v) is 5.07. The predicted molar refractivity (Wildman–Crippen MR) is 93.6 cm³/mol. The molecule has 2 amide bonds. The summed E-state index contributed by atoms with van der Waals surface area (Å²) in [6, 6.07) is 11.5. The maximum atomic E-state index is 12.1. The lowest BCUT2D eigenvalue weighted by atomic mass is 10.2. The van der Waals surface area contributed by atoms with Crippen LogP contribution in [0.3, 0.4) is 0 Å². The highest BCUT2D eigenvalue weighted by atomic mass is 16.5. The normalized spacial score (nSPS) is 9.81. The van der Waals surface area contributed by atoms with Gasteiger partial charge in [0.25, 0.3) is 11.8 Å². The fraction of sp³-hybridized carbons (Fsp3) is 0.222. The van der Waals surface area contributed by atoms with Gasteiger partial charge in [-0.2, -0.15) is 0 Å². The first kappa shape index (κ1) is 18.9. The summed E-state index contributed by atoms with van der Waals surface area (Å²) >= 11 is 0. The monoisotopic (exact) mass is 360 g/mol. The van der Waals surface area contributed by atoms with Gasteiger partial charge in [0.2, 0.25) is 0 Å². The first-order valence-corrected chi connectivity index (χ1v) is 7.65. The summed E-state index contributed by atoms with van der Waals surface area (Å²) in [6.07, 6.45) is 0. The second kappa shape index (κ2) is 9.16. The highest BCUT2D eigenvalue weighted by Gasteiger charge is 2.11. The number of hydrogen-bond donors (Lipinski definition) is 2. The van der Waals surface area contributed by atoms with Gasteiger partial charge in [-0.3, -0.25) is 20.4 Å². The molecule has 138 valence electrons. The molecule has 8 heteroatoms. The molecule has 0 saturated heterocycles. The van der Waals surface area contributed by atoms with E-state index in [1.165, 1.54) is 33.5 Å². The fourth-order valence-corrected chi connectivity index (χ4v) is 2.01. The van der Waals surface area contributed by atoms with E-state index in [0.29, 0.717) is 23.0 Å². The molecule has 2 aromatic rings. The summed E-state index contributed by atoms with van der Waals surface area (Å²) in [4.78, 5) is 24.0. The van der Waals surface area contributed by atoms with Crippen LogP contribution >= 0.6 is 0 Å². The van der Waals surface area contributed by atoms with E-state index in [9.17, 15) is 9.59 Å². The zero-order chi connectivity index (χ0) is 18.9. The van der Waals surface area contributed by atoms with E-state index >= 15 is 0 Å². The van der Waals surface area contributed by atoms with Crippen LogP contribution in [0.2, 0.25) is 0 Å². The maximum absolute atomic E-state index is 12.1. The molecule has 8 nitrogen and oxygen atoms in total. The molecular formula is C18H20N2O6. The van der Waals surface area contributed by atoms with Gasteiger partial charge >= 0.3 is 0 Å². The Morgan fingerprint density at radius 2 is 1.38 bits per heavy atom. The molecule has 0 spiro atoms. The average molecular weight is 360 g/mol. The summed E-state index contributed by atoms with van der Waals surface area (Å²) < 4.78 is 20.6. The molecule has 0 bridgehead atoms. The van der Waals surface area contributed by atoms with E-state index in [4.69, 9.17) is 18.9 Å². The predicted octanol–water partition coefficient (Wildman–Crippen LogP) is 1.55. The van der Waals surface area contributed by atoms with E-state index < -0.39 is 11.8 Å². The van der Waals surface area contributed by atoms with Crippen LogP contribution in [0.15, 0.2) is 42.5 Å². The quantitative estimate of drug-likeness (QED) is 0.728. The Bertz CT molecular complexity index is 756. The van der Waals surface area contributed by atoms with Gasteiger partial charge in [-0.1, -0.05) is 6.07 Å². The third-order valence-electron chi connectivity index (χ3n) is 3.34. The minimum atomic E-state index is -0.518. The molecule has 0 radical (unpaired) electrons. The van der Waals surface area contributed by atoms with Crippen LogP contribution in [0.4, 0.5) is 0 Å². The Morgan fingerprint density at radius 3 is 2.00 bits per heavy atom. The van der Waals surface area contributed by atoms with Gasteiger partial charge in [-0.25, -0.2) is 0 Å². The fourth-order valence-electron chi connectivity index (χ4n) is 2.01. The molecule has 2 N–H and O–H groups in total. The molecule has 2 aromatic carbocycles. The number of hydrogen-bond acceptors (Lipinski definition) is 6. The summed E-state index contributed by atoms with van der Waals surface area (Å²) in [5, 5.41) is 0. The van der Waals surface area contributed by atoms with Gasteiger partial charge in [-0.05, 0) is 24.3 Å². The summed E-state index contributed by atoms with van der Waals surface area (Å²) in [5.74, 6) is 0.976. The van der Waals surface area contributed by atoms with Crippen LogP contribution in [-0.4, -0.2) is 39.8 Å². The highest BCUT2D eigenvalue weighted by Crippen LogP contribution is 2.22. The van der Waals surface area contributed by atoms with Crippen LogP contribution in [0, 0.1) is 0 Å². The lowest BCUT2D eigenvalue weighted by Crippen LogP contribution is -2.43. The average Bonchev–Trinajstić information content (AvgIpc) is 2.69. The first-order valence-electron chi connectivity index (χ1n) is 7.65. The van der Waals surface area contributed by atoms with Gasteiger partial charge < -0.3 is 18.9 Å². The number of methoxy groups -OCH3 is 3. The van der Waals surface area contributed by atoms with Crippen molar-refractivity contribution in [1.82, 2.24) is 10.9 Å². The topological polar surface area (TPSA) is 95.1 Å². The van der Waals surface area contributed by atoms with Crippen LogP contribution in [-0.2, 0) is 4.79 Å². The van der Waals surface area contributed by atoms with E-state index in [0.717, 1.165) is 0 Å². The number of amides is 2. The molecule has 0 aliphatic carbocycles. The molecule has 26 heavy (non-hydrogen) atoms. The Morgan fingerprint density at radius 1 is 0.808 bits per heavy atom. The zero-order valence-electron chi connectivity index (χ0n) is 14.7. The van der Waals surface area contributed by atoms with Crippen LogP contribution in [0.1, 0.15) is 10.4 Å². The molecule has 0 aliphatic heterocycles. The summed E-state index contributed by atoms with van der Waals surface area (Å²) in [5.41, 5.74) is 4.86. The Kier molecular flexibility index (Phi) is 6.67. The molecule has 2 rings (SSSR count). The largest absolute Gasteiger partial charge is 0.497 e. The van der Waals surface area contributed by atoms with Crippen molar-refractivity contribution < 1.29 is 28.5 Å². The highest BCUT2D eigenvalue weighted by molar-refractivity contribution is 5.96. The van der Waals surface area contributed by atoms with Crippen molar-refractivity contribution in [2.45, 2.75) is 0 Å². The molecule has 0 fully saturated rings. The van der Waals surface area contributed by atoms with E-state index in [1.807, 2.05) is 0 Å². The number of nitrogens with one attached hydrogen (secondary N) is 2. The van der Waals surface area contributed by atoms with E-state index in [-0.39, 0.29) is 12.2 Å². The van der Waals surface area contributed by atoms with Crippen molar-refractivity contribution in [1.29, 1.82) is 0 Å². The molecule has 0 aliphatic rings. The van der Waals surface area contributed by atoms with Gasteiger partial charge in [0.1, 0.15) is 23.0 Å². The molecular weight excluding hydrogens is 340 g/mol. The Hall–Kier alpha value is -3.42. The lowest BCUT2D eigenvalue weighted by molar-refractivity contribution is -0.123. The van der Waals surface area contributed by atoms with Gasteiger partial charge in [0, 0.05) is 17.7 Å². The SMILES string of the molecule is COc1cccc(OCC(=O)NNC(=O)c2cc(OC)cc(OC)c2)c1. The van der Waals surface area contributed by atoms with Crippen molar-refractivity contribution >= 4 is 11.8 Å². The van der Waals surface area contributed by atoms with Gasteiger partial charge in [0.15, 0.2) is 6.61 Å². The van der Waals surface area contributed by atoms with Crippen molar-refractivity contribution in [3.05, 3.63) is 48.0 Å². The lowest BCUT2D eigenvalue weighted by Gasteiger charge is -2.11. The third kappa shape index (κ3) is 5.30. The number of carbonyl (C=O) groups excluding carboxylic acids is 2. The minimum Gasteiger partial charge on any atom is -0.497 e. The molecule has 0 atom stereocenters. The standard InChI is InChI=1S/C18H20N2O6/c1-23-13-5-4-6-14(9-13)26-11-17(21)19-20-18(22)12-7-15(24-2)10-16(8-12)25-3/h4-10H,11H2,1-3H3,(H,19,21)(H,20,22). The summed E-state index contributed by atoms with van der Waals surface area (Å²) in [6.45, 7) is -0.269. The molecule has 0 saturated carbocycles. The summed E-state index contributed by atoms with van der Waals surface area (Å²) in [7, 11) is 4.50. The van der Waals surface area contributed by atoms with Crippen LogP contribution < -0.4 is 29.8 Å². The Labute approximate surface area is 151 Å². The molecule has 0 aromatic heterocycles. The zero-order valence-corrected chi connectivity index (χ0v) is 14.7. The number of ether oxygens (including phenoxy) is 4. The number of hydrazine groups is 1. The van der Waals surface area contributed by atoms with Crippen LogP contribution in [0.25, 0.3) is 0 Å². The maximum Gasteiger partial charge on any atom is 0.276 e. The van der Waals surface area contributed by atoms with Crippen molar-refractivity contribution in [3.8, 4) is 23.0 Å². The first-order chi connectivity index (χ1) is 12.5. The second-order valence-electron chi connectivity index (χ2n) is 5.07. The van der Waals surface area contributed by atoms with E-state index in [2.05, 4.69) is 10.9 Å². The minimum absolute atomic E-state index is 0.269. The molecule has 0 unspecified atom stereocenters. The smallest absolute Gasteiger partial charge is 0.276 e. The number of rotatable bonds is 7. The Balaban J connectivity index is 1.87. The van der Waals surface area contributed by atoms with Gasteiger partial charge in [0.05, 0.1) is 21.3 Å².